The number of carboxylic acids is 1. The predicted octanol–water partition coefficient (Wildman–Crippen LogP) is 5.18. The molecule has 6 nitrogen and oxygen atoms in total. The molecular formula is C24H29NO5. The van der Waals surface area contributed by atoms with Crippen molar-refractivity contribution in [2.24, 2.45) is 11.8 Å². The smallest absolute Gasteiger partial charge is 0.418 e. The molecule has 6 heteroatoms. The van der Waals surface area contributed by atoms with Gasteiger partial charge in [0.1, 0.15) is 6.61 Å². The summed E-state index contributed by atoms with van der Waals surface area (Å²) in [5, 5.41) is 8.65. The highest BCUT2D eigenvalue weighted by Gasteiger charge is 2.25. The van der Waals surface area contributed by atoms with Crippen LogP contribution < -0.4 is 4.90 Å². The lowest BCUT2D eigenvalue weighted by Crippen LogP contribution is -2.30. The monoisotopic (exact) mass is 411 g/mol. The Balaban J connectivity index is 1.55. The summed E-state index contributed by atoms with van der Waals surface area (Å²) in [6.07, 6.45) is 3.44. The molecule has 0 heterocycles. The van der Waals surface area contributed by atoms with Crippen molar-refractivity contribution >= 4 is 23.4 Å². The van der Waals surface area contributed by atoms with Gasteiger partial charge in [0.2, 0.25) is 0 Å². The first-order valence-corrected chi connectivity index (χ1v) is 10.4. The molecule has 2 aromatic carbocycles. The lowest BCUT2D eigenvalue weighted by Gasteiger charge is -2.29. The van der Waals surface area contributed by atoms with Gasteiger partial charge in [0.25, 0.3) is 0 Å². The third-order valence-electron chi connectivity index (χ3n) is 5.44. The second kappa shape index (κ2) is 10.8. The van der Waals surface area contributed by atoms with E-state index in [0.29, 0.717) is 25.0 Å². The van der Waals surface area contributed by atoms with Crippen LogP contribution in [0.3, 0.4) is 0 Å². The molecule has 1 saturated carbocycles. The van der Waals surface area contributed by atoms with Crippen LogP contribution >= 0.6 is 0 Å². The Morgan fingerprint density at radius 1 is 0.933 bits per heavy atom. The molecule has 0 aromatic heterocycles. The van der Waals surface area contributed by atoms with Crippen molar-refractivity contribution in [3.05, 3.63) is 60.2 Å². The quantitative estimate of drug-likeness (QED) is 0.648. The molecule has 30 heavy (non-hydrogen) atoms. The van der Waals surface area contributed by atoms with Gasteiger partial charge in [-0.2, -0.15) is 0 Å². The van der Waals surface area contributed by atoms with E-state index >= 15 is 0 Å². The number of aliphatic carboxylic acids is 1. The second-order valence-corrected chi connectivity index (χ2v) is 7.88. The third kappa shape index (κ3) is 6.32. The zero-order chi connectivity index (χ0) is 21.3. The van der Waals surface area contributed by atoms with Crippen LogP contribution in [0.15, 0.2) is 54.6 Å². The maximum atomic E-state index is 13.0. The maximum absolute atomic E-state index is 13.0. The number of carbonyl (C=O) groups excluding carboxylic acids is 1. The first-order chi connectivity index (χ1) is 14.5. The van der Waals surface area contributed by atoms with Crippen molar-refractivity contribution < 1.29 is 24.2 Å². The largest absolute Gasteiger partial charge is 0.480 e. The fourth-order valence-electron chi connectivity index (χ4n) is 3.84. The van der Waals surface area contributed by atoms with E-state index in [2.05, 4.69) is 0 Å². The van der Waals surface area contributed by atoms with Crippen molar-refractivity contribution in [3.63, 3.8) is 0 Å². The topological polar surface area (TPSA) is 76.1 Å². The minimum Gasteiger partial charge on any atom is -0.480 e. The highest BCUT2D eigenvalue weighted by atomic mass is 16.6. The number of carbonyl (C=O) groups is 2. The molecule has 0 aliphatic heterocycles. The first-order valence-electron chi connectivity index (χ1n) is 10.4. The van der Waals surface area contributed by atoms with E-state index < -0.39 is 5.97 Å². The number of carboxylic acid groups (broad SMARTS) is 1. The minimum atomic E-state index is -0.938. The van der Waals surface area contributed by atoms with E-state index in [1.807, 2.05) is 61.5 Å². The molecule has 0 spiro atoms. The average molecular weight is 411 g/mol. The molecular weight excluding hydrogens is 382 g/mol. The number of ether oxygens (including phenoxy) is 2. The van der Waals surface area contributed by atoms with Gasteiger partial charge in [0.05, 0.1) is 24.6 Å². The van der Waals surface area contributed by atoms with Crippen LogP contribution in [0.5, 0.6) is 0 Å². The number of anilines is 2. The normalized spacial score (nSPS) is 18.6. The number of aryl methyl sites for hydroxylation is 1. The van der Waals surface area contributed by atoms with E-state index in [0.717, 1.165) is 42.6 Å². The number of rotatable bonds is 8. The summed E-state index contributed by atoms with van der Waals surface area (Å²) in [4.78, 5) is 25.1. The molecule has 1 aliphatic rings. The Morgan fingerprint density at radius 2 is 1.57 bits per heavy atom. The van der Waals surface area contributed by atoms with Gasteiger partial charge in [-0.25, -0.2) is 14.5 Å². The van der Waals surface area contributed by atoms with Crippen LogP contribution in [0.2, 0.25) is 0 Å². The molecule has 1 fully saturated rings. The van der Waals surface area contributed by atoms with Crippen LogP contribution in [0.1, 0.15) is 31.2 Å². The predicted molar refractivity (Wildman–Crippen MR) is 115 cm³/mol. The Labute approximate surface area is 177 Å². The number of para-hydroxylation sites is 1. The van der Waals surface area contributed by atoms with Crippen LogP contribution in [-0.4, -0.2) is 37.0 Å². The molecule has 0 atom stereocenters. The van der Waals surface area contributed by atoms with Crippen molar-refractivity contribution in [2.75, 3.05) is 24.7 Å². The Kier molecular flexibility index (Phi) is 7.85. The molecule has 1 N–H and O–H groups in total. The molecule has 2 aromatic rings. The van der Waals surface area contributed by atoms with Gasteiger partial charge in [0.15, 0.2) is 0 Å². The first kappa shape index (κ1) is 21.8. The lowest BCUT2D eigenvalue weighted by atomic mass is 9.83. The van der Waals surface area contributed by atoms with Gasteiger partial charge < -0.3 is 14.6 Å². The number of hydrogen-bond acceptors (Lipinski definition) is 4. The van der Waals surface area contributed by atoms with E-state index in [4.69, 9.17) is 14.6 Å². The highest BCUT2D eigenvalue weighted by Crippen LogP contribution is 2.31. The number of amides is 1. The van der Waals surface area contributed by atoms with Crippen molar-refractivity contribution in [1.82, 2.24) is 0 Å². The summed E-state index contributed by atoms with van der Waals surface area (Å²) in [6.45, 7) is 2.62. The number of hydrogen-bond donors (Lipinski definition) is 1. The Morgan fingerprint density at radius 3 is 2.20 bits per heavy atom. The molecule has 0 saturated heterocycles. The molecule has 1 aliphatic carbocycles. The molecule has 160 valence electrons. The lowest BCUT2D eigenvalue weighted by molar-refractivity contribution is -0.142. The van der Waals surface area contributed by atoms with E-state index in [-0.39, 0.29) is 12.7 Å². The fraction of sp³-hybridized carbons (Fsp3) is 0.417. The van der Waals surface area contributed by atoms with Gasteiger partial charge in [-0.05, 0) is 74.3 Å². The fourth-order valence-corrected chi connectivity index (χ4v) is 3.84. The molecule has 0 radical (unpaired) electrons. The van der Waals surface area contributed by atoms with Gasteiger partial charge in [0, 0.05) is 0 Å². The van der Waals surface area contributed by atoms with Crippen LogP contribution in [-0.2, 0) is 14.3 Å². The summed E-state index contributed by atoms with van der Waals surface area (Å²) in [5.74, 6) is -0.239. The van der Waals surface area contributed by atoms with Crippen molar-refractivity contribution in [3.8, 4) is 0 Å². The molecule has 3 rings (SSSR count). The summed E-state index contributed by atoms with van der Waals surface area (Å²) in [5.41, 5.74) is 2.63. The molecule has 0 unspecified atom stereocenters. The van der Waals surface area contributed by atoms with Gasteiger partial charge in [-0.3, -0.25) is 0 Å². The summed E-state index contributed by atoms with van der Waals surface area (Å²) < 4.78 is 10.9. The average Bonchev–Trinajstić information content (AvgIpc) is 2.74. The van der Waals surface area contributed by atoms with Crippen LogP contribution in [0.25, 0.3) is 0 Å². The van der Waals surface area contributed by atoms with Gasteiger partial charge >= 0.3 is 12.1 Å². The molecule has 1 amide bonds. The van der Waals surface area contributed by atoms with Crippen LogP contribution in [0, 0.1) is 18.8 Å². The van der Waals surface area contributed by atoms with E-state index in [1.165, 1.54) is 0 Å². The molecule has 0 bridgehead atoms. The second-order valence-electron chi connectivity index (χ2n) is 7.88. The minimum absolute atomic E-state index is 0.244. The van der Waals surface area contributed by atoms with Gasteiger partial charge in [-0.15, -0.1) is 0 Å². The van der Waals surface area contributed by atoms with Crippen LogP contribution in [0.4, 0.5) is 16.2 Å². The zero-order valence-corrected chi connectivity index (χ0v) is 17.3. The summed E-state index contributed by atoms with van der Waals surface area (Å²) in [7, 11) is 0. The van der Waals surface area contributed by atoms with E-state index in [9.17, 15) is 9.59 Å². The Bertz CT molecular complexity index is 830. The van der Waals surface area contributed by atoms with Crippen molar-refractivity contribution in [1.29, 1.82) is 0 Å². The van der Waals surface area contributed by atoms with E-state index in [1.54, 1.807) is 4.90 Å². The SMILES string of the molecule is Cc1cccc(N(C(=O)OC[C@H]2CC[C@H](COCC(=O)O)CC2)c2ccccc2)c1. The van der Waals surface area contributed by atoms with Gasteiger partial charge in [-0.1, -0.05) is 30.3 Å². The zero-order valence-electron chi connectivity index (χ0n) is 17.3. The summed E-state index contributed by atoms with van der Waals surface area (Å²) in [6, 6.07) is 17.3. The third-order valence-corrected chi connectivity index (χ3v) is 5.44. The summed E-state index contributed by atoms with van der Waals surface area (Å²) >= 11 is 0. The number of nitrogens with zero attached hydrogens (tertiary/aromatic N) is 1. The standard InChI is InChI=1S/C24H29NO5/c1-18-6-5-9-22(14-18)25(21-7-3-2-4-8-21)24(28)30-16-20-12-10-19(11-13-20)15-29-17-23(26)27/h2-9,14,19-20H,10-13,15-17H2,1H3,(H,26,27)/t19-,20-. The van der Waals surface area contributed by atoms with Crippen molar-refractivity contribution in [2.45, 2.75) is 32.6 Å². The maximum Gasteiger partial charge on any atom is 0.418 e. The highest BCUT2D eigenvalue weighted by molar-refractivity contribution is 5.96. The Hall–Kier alpha value is -2.86. The number of benzene rings is 2.